The van der Waals surface area contributed by atoms with Crippen LogP contribution in [0.1, 0.15) is 30.9 Å². The molecule has 2 rings (SSSR count). The normalized spacial score (nSPS) is 11.3. The minimum absolute atomic E-state index is 0.000608. The lowest BCUT2D eigenvalue weighted by molar-refractivity contribution is 0.283. The molecule has 130 valence electrons. The van der Waals surface area contributed by atoms with Gasteiger partial charge in [-0.2, -0.15) is 18.4 Å². The van der Waals surface area contributed by atoms with Crippen molar-refractivity contribution < 1.29 is 17.3 Å². The maximum Gasteiger partial charge on any atom is 0.340 e. The van der Waals surface area contributed by atoms with Gasteiger partial charge in [-0.3, -0.25) is 0 Å². The summed E-state index contributed by atoms with van der Waals surface area (Å²) in [6.07, 6.45) is 1.78. The highest BCUT2D eigenvalue weighted by molar-refractivity contribution is 7.87. The van der Waals surface area contributed by atoms with Gasteiger partial charge in [-0.05, 0) is 32.4 Å². The number of benzene rings is 1. The second-order valence-electron chi connectivity index (χ2n) is 5.37. The maximum absolute atomic E-state index is 12.4. The van der Waals surface area contributed by atoms with Crippen LogP contribution >= 0.6 is 0 Å². The number of unbranched alkanes of at least 4 members (excludes halogenated alkanes) is 1. The molecule has 1 aromatic carbocycles. The lowest BCUT2D eigenvalue weighted by Gasteiger charge is -2.11. The number of hydrogen-bond donors (Lipinski definition) is 1. The van der Waals surface area contributed by atoms with Crippen molar-refractivity contribution in [2.24, 2.45) is 0 Å². The molecule has 2 N–H and O–H groups in total. The molecule has 8 heteroatoms. The molecule has 0 amide bonds. The summed E-state index contributed by atoms with van der Waals surface area (Å²) in [6.45, 7) is 5.90. The van der Waals surface area contributed by atoms with Crippen LogP contribution in [0.5, 0.6) is 11.9 Å². The number of ether oxygens (including phenoxy) is 1. The van der Waals surface area contributed by atoms with Gasteiger partial charge in [-0.15, -0.1) is 0 Å². The molecule has 1 heterocycles. The van der Waals surface area contributed by atoms with Crippen LogP contribution in [0.3, 0.4) is 0 Å². The molecule has 0 bridgehead atoms. The van der Waals surface area contributed by atoms with Crippen LogP contribution in [-0.4, -0.2) is 25.0 Å². The van der Waals surface area contributed by atoms with Crippen molar-refractivity contribution in [1.29, 1.82) is 0 Å². The van der Waals surface area contributed by atoms with Crippen molar-refractivity contribution in [3.63, 3.8) is 0 Å². The molecule has 0 aliphatic carbocycles. The van der Waals surface area contributed by atoms with E-state index in [-0.39, 0.29) is 22.6 Å². The zero-order valence-electron chi connectivity index (χ0n) is 13.9. The van der Waals surface area contributed by atoms with Crippen molar-refractivity contribution in [1.82, 2.24) is 9.97 Å². The second-order valence-corrected chi connectivity index (χ2v) is 6.92. The van der Waals surface area contributed by atoms with E-state index >= 15 is 0 Å². The number of hydrogen-bond acceptors (Lipinski definition) is 7. The Morgan fingerprint density at radius 2 is 1.79 bits per heavy atom. The van der Waals surface area contributed by atoms with Crippen molar-refractivity contribution in [2.75, 3.05) is 12.3 Å². The van der Waals surface area contributed by atoms with Gasteiger partial charge >= 0.3 is 16.1 Å². The second kappa shape index (κ2) is 7.48. The van der Waals surface area contributed by atoms with Gasteiger partial charge in [0.2, 0.25) is 5.88 Å². The van der Waals surface area contributed by atoms with Crippen molar-refractivity contribution in [3.8, 4) is 11.9 Å². The molecule has 7 nitrogen and oxygen atoms in total. The van der Waals surface area contributed by atoms with Gasteiger partial charge in [-0.1, -0.05) is 31.0 Å². The average Bonchev–Trinajstić information content (AvgIpc) is 2.52. The van der Waals surface area contributed by atoms with Gasteiger partial charge in [0.25, 0.3) is 0 Å². The molecule has 0 unspecified atom stereocenters. The van der Waals surface area contributed by atoms with Crippen LogP contribution in [0.25, 0.3) is 0 Å². The van der Waals surface area contributed by atoms with Crippen LogP contribution in [0.4, 0.5) is 5.82 Å². The van der Waals surface area contributed by atoms with Gasteiger partial charge in [0.05, 0.1) is 12.2 Å². The van der Waals surface area contributed by atoms with Crippen molar-refractivity contribution >= 4 is 15.9 Å². The molecule has 0 saturated heterocycles. The largest absolute Gasteiger partial charge is 0.463 e. The van der Waals surface area contributed by atoms with E-state index in [0.29, 0.717) is 12.2 Å². The zero-order chi connectivity index (χ0) is 17.7. The molecule has 0 aliphatic rings. The first-order valence-electron chi connectivity index (χ1n) is 7.61. The lowest BCUT2D eigenvalue weighted by atomic mass is 10.2. The summed E-state index contributed by atoms with van der Waals surface area (Å²) in [5.41, 5.74) is 7.09. The molecule has 0 fully saturated rings. The summed E-state index contributed by atoms with van der Waals surface area (Å²) < 4.78 is 35.3. The molecule has 0 radical (unpaired) electrons. The van der Waals surface area contributed by atoms with E-state index in [1.54, 1.807) is 19.1 Å². The van der Waals surface area contributed by atoms with Crippen LogP contribution in [0, 0.1) is 13.8 Å². The fraction of sp³-hybridized carbons (Fsp3) is 0.375. The first-order valence-corrected chi connectivity index (χ1v) is 9.02. The van der Waals surface area contributed by atoms with E-state index in [1.165, 1.54) is 12.1 Å². The van der Waals surface area contributed by atoms with Crippen LogP contribution in [-0.2, 0) is 10.1 Å². The summed E-state index contributed by atoms with van der Waals surface area (Å²) in [5, 5.41) is 0. The fourth-order valence-corrected chi connectivity index (χ4v) is 2.74. The third kappa shape index (κ3) is 4.35. The van der Waals surface area contributed by atoms with E-state index < -0.39 is 10.1 Å². The number of rotatable bonds is 7. The SMILES string of the molecule is CCCCOc1nc(N)c(C)c(OS(=O)(=O)c2ccc(C)cc2)n1. The predicted molar refractivity (Wildman–Crippen MR) is 90.6 cm³/mol. The molecule has 0 aliphatic heterocycles. The highest BCUT2D eigenvalue weighted by Gasteiger charge is 2.21. The van der Waals surface area contributed by atoms with Crippen LogP contribution in [0.2, 0.25) is 0 Å². The minimum atomic E-state index is -4.01. The van der Waals surface area contributed by atoms with E-state index in [4.69, 9.17) is 14.7 Å². The highest BCUT2D eigenvalue weighted by Crippen LogP contribution is 2.26. The van der Waals surface area contributed by atoms with E-state index in [2.05, 4.69) is 9.97 Å². The number of nitrogen functional groups attached to an aromatic ring is 1. The molecule has 24 heavy (non-hydrogen) atoms. The van der Waals surface area contributed by atoms with Crippen molar-refractivity contribution in [3.05, 3.63) is 35.4 Å². The lowest BCUT2D eigenvalue weighted by Crippen LogP contribution is -2.14. The third-order valence-corrected chi connectivity index (χ3v) is 4.57. The predicted octanol–water partition coefficient (Wildman–Crippen LogP) is 2.62. The molecule has 0 saturated carbocycles. The molecule has 2 aromatic rings. The Bertz CT molecular complexity index is 805. The van der Waals surface area contributed by atoms with E-state index in [9.17, 15) is 8.42 Å². The van der Waals surface area contributed by atoms with Crippen LogP contribution in [0.15, 0.2) is 29.2 Å². The minimum Gasteiger partial charge on any atom is -0.463 e. The van der Waals surface area contributed by atoms with Gasteiger partial charge in [0, 0.05) is 0 Å². The van der Waals surface area contributed by atoms with E-state index in [0.717, 1.165) is 18.4 Å². The van der Waals surface area contributed by atoms with Gasteiger partial charge in [-0.25, -0.2) is 0 Å². The Hall–Kier alpha value is -2.35. The summed E-state index contributed by atoms with van der Waals surface area (Å²) >= 11 is 0. The van der Waals surface area contributed by atoms with Gasteiger partial charge in [0.15, 0.2) is 0 Å². The molecule has 1 aromatic heterocycles. The standard InChI is InChI=1S/C16H21N3O4S/c1-4-5-10-22-16-18-14(17)12(3)15(19-16)23-24(20,21)13-8-6-11(2)7-9-13/h6-9H,4-5,10H2,1-3H3,(H2,17,18,19). The Kier molecular flexibility index (Phi) is 5.61. The first-order chi connectivity index (χ1) is 11.3. The quantitative estimate of drug-likeness (QED) is 0.604. The summed E-state index contributed by atoms with van der Waals surface area (Å²) in [7, 11) is -4.01. The topological polar surface area (TPSA) is 104 Å². The fourth-order valence-electron chi connectivity index (χ4n) is 1.80. The summed E-state index contributed by atoms with van der Waals surface area (Å²) in [4.78, 5) is 8.05. The van der Waals surface area contributed by atoms with Crippen molar-refractivity contribution in [2.45, 2.75) is 38.5 Å². The Morgan fingerprint density at radius 1 is 1.12 bits per heavy atom. The molecule has 0 spiro atoms. The Morgan fingerprint density at radius 3 is 2.42 bits per heavy atom. The van der Waals surface area contributed by atoms with Gasteiger partial charge < -0.3 is 14.7 Å². The smallest absolute Gasteiger partial charge is 0.340 e. The summed E-state index contributed by atoms with van der Waals surface area (Å²) in [6, 6.07) is 6.33. The molecular formula is C16H21N3O4S. The summed E-state index contributed by atoms with van der Waals surface area (Å²) in [5.74, 6) is -0.0137. The number of aryl methyl sites for hydroxylation is 1. The number of nitrogens with two attached hydrogens (primary N) is 1. The number of anilines is 1. The Balaban J connectivity index is 2.28. The molecule has 0 atom stereocenters. The monoisotopic (exact) mass is 351 g/mol. The number of nitrogens with zero attached hydrogens (tertiary/aromatic N) is 2. The Labute approximate surface area is 142 Å². The average molecular weight is 351 g/mol. The molecular weight excluding hydrogens is 330 g/mol. The first kappa shape index (κ1) is 18.0. The number of aromatic nitrogens is 2. The third-order valence-electron chi connectivity index (χ3n) is 3.35. The van der Waals surface area contributed by atoms with E-state index in [1.807, 2.05) is 13.8 Å². The highest BCUT2D eigenvalue weighted by atomic mass is 32.2. The van der Waals surface area contributed by atoms with Crippen LogP contribution < -0.4 is 14.7 Å². The van der Waals surface area contributed by atoms with Gasteiger partial charge in [0.1, 0.15) is 10.7 Å². The maximum atomic E-state index is 12.4. The zero-order valence-corrected chi connectivity index (χ0v) is 14.8.